The standard InChI is InChI=1S/C16H17N2OPS2/c1-19-14-7-9-15(10-8-14)20(22)17-16(21)11-12-18(20)13-5-3-2-4-6-13/h2-10H,11-12H2,1H3,(H,17,21,22). The van der Waals surface area contributed by atoms with Crippen LogP contribution in [0.25, 0.3) is 0 Å². The molecule has 1 fully saturated rings. The van der Waals surface area contributed by atoms with E-state index in [-0.39, 0.29) is 0 Å². The molecule has 0 aromatic heterocycles. The van der Waals surface area contributed by atoms with Crippen molar-refractivity contribution in [3.63, 3.8) is 0 Å². The second-order valence-corrected chi connectivity index (χ2v) is 9.47. The summed E-state index contributed by atoms with van der Waals surface area (Å²) >= 11 is 11.5. The number of rotatable bonds is 3. The largest absolute Gasteiger partial charge is 0.497 e. The molecule has 2 aromatic carbocycles. The molecule has 0 radical (unpaired) electrons. The zero-order valence-corrected chi connectivity index (χ0v) is 14.8. The predicted octanol–water partition coefficient (Wildman–Crippen LogP) is 3.46. The average Bonchev–Trinajstić information content (AvgIpc) is 2.56. The molecule has 3 nitrogen and oxygen atoms in total. The maximum absolute atomic E-state index is 6.08. The minimum atomic E-state index is -2.16. The first kappa shape index (κ1) is 15.5. The van der Waals surface area contributed by atoms with Gasteiger partial charge in [-0.2, -0.15) is 0 Å². The number of para-hydroxylation sites is 1. The van der Waals surface area contributed by atoms with Crippen molar-refractivity contribution in [2.24, 2.45) is 0 Å². The molecule has 1 atom stereocenters. The van der Waals surface area contributed by atoms with Crippen LogP contribution in [0.15, 0.2) is 54.6 Å². The highest BCUT2D eigenvalue weighted by atomic mass is 32.4. The van der Waals surface area contributed by atoms with E-state index in [4.69, 9.17) is 28.8 Å². The monoisotopic (exact) mass is 348 g/mol. The third-order valence-corrected chi connectivity index (χ3v) is 8.28. The smallest absolute Gasteiger partial charge is 0.151 e. The van der Waals surface area contributed by atoms with E-state index < -0.39 is 6.34 Å². The summed E-state index contributed by atoms with van der Waals surface area (Å²) in [6, 6.07) is 18.3. The molecule has 0 amide bonds. The Morgan fingerprint density at radius 1 is 1.09 bits per heavy atom. The fraction of sp³-hybridized carbons (Fsp3) is 0.188. The minimum Gasteiger partial charge on any atom is -0.497 e. The Morgan fingerprint density at radius 2 is 1.77 bits per heavy atom. The quantitative estimate of drug-likeness (QED) is 0.676. The topological polar surface area (TPSA) is 24.5 Å². The summed E-state index contributed by atoms with van der Waals surface area (Å²) in [7, 11) is 1.66. The highest BCUT2D eigenvalue weighted by Crippen LogP contribution is 2.50. The number of hydrogen-bond donors (Lipinski definition) is 1. The van der Waals surface area contributed by atoms with Crippen LogP contribution in [0, 0.1) is 0 Å². The van der Waals surface area contributed by atoms with Gasteiger partial charge in [0, 0.05) is 24.0 Å². The van der Waals surface area contributed by atoms with Gasteiger partial charge in [0.05, 0.1) is 12.1 Å². The van der Waals surface area contributed by atoms with Crippen molar-refractivity contribution in [2.75, 3.05) is 18.3 Å². The van der Waals surface area contributed by atoms with Crippen LogP contribution in [0.3, 0.4) is 0 Å². The molecule has 1 N–H and O–H groups in total. The molecule has 22 heavy (non-hydrogen) atoms. The van der Waals surface area contributed by atoms with Gasteiger partial charge < -0.3 is 14.5 Å². The normalized spacial score (nSPS) is 21.3. The summed E-state index contributed by atoms with van der Waals surface area (Å²) in [5.74, 6) is 0.830. The van der Waals surface area contributed by atoms with Gasteiger partial charge in [0.1, 0.15) is 5.75 Å². The van der Waals surface area contributed by atoms with E-state index >= 15 is 0 Å². The van der Waals surface area contributed by atoms with Crippen LogP contribution in [0.5, 0.6) is 5.75 Å². The average molecular weight is 348 g/mol. The molecule has 3 rings (SSSR count). The molecule has 6 heteroatoms. The molecule has 1 unspecified atom stereocenters. The van der Waals surface area contributed by atoms with Crippen LogP contribution < -0.4 is 19.8 Å². The first-order chi connectivity index (χ1) is 10.6. The number of benzene rings is 2. The van der Waals surface area contributed by atoms with Crippen LogP contribution in [-0.4, -0.2) is 18.6 Å². The van der Waals surface area contributed by atoms with Gasteiger partial charge in [0.25, 0.3) is 0 Å². The summed E-state index contributed by atoms with van der Waals surface area (Å²) in [5, 5.41) is 4.53. The lowest BCUT2D eigenvalue weighted by atomic mass is 10.3. The zero-order valence-electron chi connectivity index (χ0n) is 12.2. The maximum atomic E-state index is 6.08. The van der Waals surface area contributed by atoms with E-state index in [1.165, 1.54) is 0 Å². The minimum absolute atomic E-state index is 0.830. The fourth-order valence-electron chi connectivity index (χ4n) is 2.51. The number of thiocarbonyl (C=S) groups is 1. The van der Waals surface area contributed by atoms with Crippen LogP contribution in [0.4, 0.5) is 5.69 Å². The fourth-order valence-corrected chi connectivity index (χ4v) is 6.77. The van der Waals surface area contributed by atoms with Gasteiger partial charge in [0.2, 0.25) is 0 Å². The molecule has 2 aromatic rings. The molecule has 1 heterocycles. The molecule has 0 spiro atoms. The van der Waals surface area contributed by atoms with Gasteiger partial charge in [-0.05, 0) is 48.2 Å². The molecule has 0 aliphatic carbocycles. The van der Waals surface area contributed by atoms with Crippen molar-refractivity contribution < 1.29 is 4.74 Å². The van der Waals surface area contributed by atoms with Crippen LogP contribution >= 0.6 is 18.6 Å². The number of methoxy groups -OCH3 is 1. The Labute approximate surface area is 141 Å². The summed E-state index contributed by atoms with van der Waals surface area (Å²) in [6.07, 6.45) is -1.33. The molecular formula is C16H17N2OPS2. The van der Waals surface area contributed by atoms with Crippen LogP contribution in [0.1, 0.15) is 6.42 Å². The van der Waals surface area contributed by atoms with Crippen LogP contribution in [0.2, 0.25) is 0 Å². The predicted molar refractivity (Wildman–Crippen MR) is 101 cm³/mol. The molecule has 1 aliphatic heterocycles. The summed E-state index contributed by atoms with van der Waals surface area (Å²) in [5.41, 5.74) is 1.14. The van der Waals surface area contributed by atoms with Gasteiger partial charge in [-0.3, -0.25) is 0 Å². The second kappa shape index (κ2) is 6.37. The Kier molecular flexibility index (Phi) is 4.48. The van der Waals surface area contributed by atoms with E-state index in [0.717, 1.165) is 34.7 Å². The number of nitrogens with zero attached hydrogens (tertiary/aromatic N) is 1. The molecule has 114 valence electrons. The Morgan fingerprint density at radius 3 is 2.41 bits per heavy atom. The molecule has 0 saturated carbocycles. The molecular weight excluding hydrogens is 331 g/mol. The number of hydrogen-bond acceptors (Lipinski definition) is 3. The van der Waals surface area contributed by atoms with E-state index in [0.29, 0.717) is 0 Å². The molecule has 1 aliphatic rings. The highest BCUT2D eigenvalue weighted by molar-refractivity contribution is 8.18. The lowest BCUT2D eigenvalue weighted by Gasteiger charge is -2.42. The summed E-state index contributed by atoms with van der Waals surface area (Å²) in [6.45, 7) is 0.846. The Balaban J connectivity index is 2.04. The van der Waals surface area contributed by atoms with Crippen molar-refractivity contribution in [1.82, 2.24) is 5.09 Å². The van der Waals surface area contributed by atoms with E-state index in [1.54, 1.807) is 7.11 Å². The van der Waals surface area contributed by atoms with Crippen molar-refractivity contribution in [3.8, 4) is 5.75 Å². The highest BCUT2D eigenvalue weighted by Gasteiger charge is 2.32. The summed E-state index contributed by atoms with van der Waals surface area (Å²) in [4.78, 5) is 0.853. The van der Waals surface area contributed by atoms with E-state index in [1.807, 2.05) is 42.5 Å². The molecule has 0 bridgehead atoms. The number of nitrogens with one attached hydrogen (secondary N) is 1. The third kappa shape index (κ3) is 2.89. The van der Waals surface area contributed by atoms with Gasteiger partial charge in [-0.1, -0.05) is 30.4 Å². The first-order valence-corrected chi connectivity index (χ1v) is 10.2. The first-order valence-electron chi connectivity index (χ1n) is 7.02. The third-order valence-electron chi connectivity index (χ3n) is 3.64. The van der Waals surface area contributed by atoms with Crippen molar-refractivity contribution in [2.45, 2.75) is 6.42 Å². The van der Waals surface area contributed by atoms with Gasteiger partial charge in [0.15, 0.2) is 6.34 Å². The SMILES string of the molecule is COc1ccc(P2(=S)NC(=S)CCN2c2ccccc2)cc1. The second-order valence-electron chi connectivity index (χ2n) is 5.02. The zero-order chi connectivity index (χ0) is 15.6. The van der Waals surface area contributed by atoms with Crippen LogP contribution in [-0.2, 0) is 11.8 Å². The maximum Gasteiger partial charge on any atom is 0.151 e. The van der Waals surface area contributed by atoms with E-state index in [2.05, 4.69) is 21.9 Å². The van der Waals surface area contributed by atoms with Crippen molar-refractivity contribution >= 4 is 46.3 Å². The number of anilines is 1. The number of ether oxygens (including phenoxy) is 1. The van der Waals surface area contributed by atoms with Gasteiger partial charge >= 0.3 is 0 Å². The lowest BCUT2D eigenvalue weighted by Crippen LogP contribution is -2.42. The summed E-state index contributed by atoms with van der Waals surface area (Å²) < 4.78 is 7.53. The Bertz CT molecular complexity index is 719. The van der Waals surface area contributed by atoms with Crippen molar-refractivity contribution in [3.05, 3.63) is 54.6 Å². The van der Waals surface area contributed by atoms with Crippen molar-refractivity contribution in [1.29, 1.82) is 0 Å². The Hall–Kier alpha value is -1.42. The van der Waals surface area contributed by atoms with Gasteiger partial charge in [-0.25, -0.2) is 0 Å². The van der Waals surface area contributed by atoms with E-state index in [9.17, 15) is 0 Å². The lowest BCUT2D eigenvalue weighted by molar-refractivity contribution is 0.415. The molecule has 1 saturated heterocycles. The van der Waals surface area contributed by atoms with Gasteiger partial charge in [-0.15, -0.1) is 0 Å².